The number of carbonyl (C=O) groups is 2. The van der Waals surface area contributed by atoms with E-state index in [-0.39, 0.29) is 31.2 Å². The maximum Gasteiger partial charge on any atom is 0.308 e. The van der Waals surface area contributed by atoms with Crippen LogP contribution in [0.3, 0.4) is 0 Å². The van der Waals surface area contributed by atoms with Crippen LogP contribution in [0.15, 0.2) is 36.4 Å². The number of hydrogen-bond donors (Lipinski definition) is 2. The van der Waals surface area contributed by atoms with Gasteiger partial charge in [-0.3, -0.25) is 14.5 Å². The maximum atomic E-state index is 12.8. The molecule has 9 nitrogen and oxygen atoms in total. The molecule has 2 N–H and O–H groups in total. The van der Waals surface area contributed by atoms with Crippen molar-refractivity contribution in [2.45, 2.75) is 51.0 Å². The van der Waals surface area contributed by atoms with Gasteiger partial charge in [0.25, 0.3) is 0 Å². The summed E-state index contributed by atoms with van der Waals surface area (Å²) in [5, 5.41) is 13.4. The second-order valence-electron chi connectivity index (χ2n) is 9.83. The number of nitrogens with one attached hydrogen (secondary N) is 1. The van der Waals surface area contributed by atoms with Crippen molar-refractivity contribution in [1.29, 1.82) is 0 Å². The molecule has 1 fully saturated rings. The number of aryl methyl sites for hydroxylation is 1. The minimum Gasteiger partial charge on any atom is -0.496 e. The van der Waals surface area contributed by atoms with E-state index in [1.807, 2.05) is 41.3 Å². The molecule has 2 heterocycles. The number of carboxylic acid groups (broad SMARTS) is 1. The number of carbonyl (C=O) groups excluding carboxylic acids is 1. The molecule has 38 heavy (non-hydrogen) atoms. The van der Waals surface area contributed by atoms with Gasteiger partial charge in [-0.1, -0.05) is 31.5 Å². The molecule has 3 atom stereocenters. The van der Waals surface area contributed by atoms with Crippen LogP contribution in [-0.2, 0) is 16.0 Å². The van der Waals surface area contributed by atoms with Gasteiger partial charge in [0.05, 0.1) is 26.7 Å². The van der Waals surface area contributed by atoms with E-state index in [4.69, 9.17) is 18.9 Å². The van der Waals surface area contributed by atoms with Crippen molar-refractivity contribution in [3.05, 3.63) is 47.5 Å². The number of fused-ring (bicyclic) bond motifs is 1. The number of hydrogen-bond acceptors (Lipinski definition) is 7. The second-order valence-corrected chi connectivity index (χ2v) is 9.83. The van der Waals surface area contributed by atoms with Gasteiger partial charge < -0.3 is 29.4 Å². The lowest BCUT2D eigenvalue weighted by Gasteiger charge is -2.26. The zero-order chi connectivity index (χ0) is 27.1. The van der Waals surface area contributed by atoms with Crippen LogP contribution in [-0.4, -0.2) is 68.6 Å². The van der Waals surface area contributed by atoms with E-state index in [2.05, 4.69) is 12.2 Å². The molecule has 2 aromatic rings. The lowest BCUT2D eigenvalue weighted by atomic mass is 9.83. The average molecular weight is 527 g/mol. The third-order valence-electron chi connectivity index (χ3n) is 7.48. The molecule has 1 amide bonds. The number of unbranched alkanes of at least 4 members (excludes halogenated alkanes) is 1. The minimum absolute atomic E-state index is 0.0822. The Bertz CT molecular complexity index is 1120. The summed E-state index contributed by atoms with van der Waals surface area (Å²) in [5.41, 5.74) is 1.89. The quantitative estimate of drug-likeness (QED) is 0.379. The fourth-order valence-electron chi connectivity index (χ4n) is 5.61. The van der Waals surface area contributed by atoms with Crippen LogP contribution in [0, 0.1) is 5.92 Å². The normalized spacial score (nSPS) is 20.3. The molecule has 9 heteroatoms. The van der Waals surface area contributed by atoms with Gasteiger partial charge in [0.15, 0.2) is 11.5 Å². The van der Waals surface area contributed by atoms with Crippen molar-refractivity contribution in [2.24, 2.45) is 5.92 Å². The maximum absolute atomic E-state index is 12.8. The summed E-state index contributed by atoms with van der Waals surface area (Å²) in [4.78, 5) is 27.6. The number of likely N-dealkylation sites (tertiary alicyclic amines) is 1. The predicted molar refractivity (Wildman–Crippen MR) is 142 cm³/mol. The Morgan fingerprint density at radius 2 is 1.89 bits per heavy atom. The number of rotatable bonds is 13. The van der Waals surface area contributed by atoms with Crippen molar-refractivity contribution >= 4 is 11.9 Å². The molecule has 0 unspecified atom stereocenters. The summed E-state index contributed by atoms with van der Waals surface area (Å²) >= 11 is 0. The predicted octanol–water partition coefficient (Wildman–Crippen LogP) is 3.84. The first-order valence-corrected chi connectivity index (χ1v) is 13.3. The number of carboxylic acids is 1. The van der Waals surface area contributed by atoms with Gasteiger partial charge in [-0.15, -0.1) is 0 Å². The highest BCUT2D eigenvalue weighted by Crippen LogP contribution is 2.47. The molecule has 2 aromatic carbocycles. The highest BCUT2D eigenvalue weighted by molar-refractivity contribution is 5.79. The minimum atomic E-state index is -0.872. The molecule has 4 rings (SSSR count). The lowest BCUT2D eigenvalue weighted by Crippen LogP contribution is -2.42. The van der Waals surface area contributed by atoms with Crippen molar-refractivity contribution in [3.8, 4) is 23.0 Å². The molecule has 0 aliphatic carbocycles. The summed E-state index contributed by atoms with van der Waals surface area (Å²) in [6.07, 6.45) is 4.05. The first-order chi connectivity index (χ1) is 18.5. The van der Waals surface area contributed by atoms with Gasteiger partial charge in [-0.25, -0.2) is 0 Å². The van der Waals surface area contributed by atoms with Crippen LogP contribution in [0.1, 0.15) is 49.7 Å². The topological polar surface area (TPSA) is 107 Å². The van der Waals surface area contributed by atoms with Gasteiger partial charge in [-0.2, -0.15) is 0 Å². The zero-order valence-corrected chi connectivity index (χ0v) is 22.4. The Kier molecular flexibility index (Phi) is 9.33. The number of nitrogens with zero attached hydrogens (tertiary/aromatic N) is 1. The zero-order valence-electron chi connectivity index (χ0n) is 22.4. The first kappa shape index (κ1) is 27.6. The number of benzene rings is 2. The fourth-order valence-corrected chi connectivity index (χ4v) is 5.61. The van der Waals surface area contributed by atoms with Crippen LogP contribution in [0.2, 0.25) is 0 Å². The highest BCUT2D eigenvalue weighted by Gasteiger charge is 2.47. The summed E-state index contributed by atoms with van der Waals surface area (Å²) in [5.74, 6) is 0.434. The molecule has 1 saturated heterocycles. The van der Waals surface area contributed by atoms with E-state index < -0.39 is 11.9 Å². The van der Waals surface area contributed by atoms with Crippen LogP contribution in [0.5, 0.6) is 23.0 Å². The van der Waals surface area contributed by atoms with Crippen LogP contribution in [0.25, 0.3) is 0 Å². The fraction of sp³-hybridized carbons (Fsp3) is 0.517. The molecule has 0 bridgehead atoms. The van der Waals surface area contributed by atoms with E-state index in [0.717, 1.165) is 42.6 Å². The van der Waals surface area contributed by atoms with Gasteiger partial charge in [-0.05, 0) is 55.0 Å². The average Bonchev–Trinajstić information content (AvgIpc) is 3.53. The Morgan fingerprint density at radius 1 is 1.11 bits per heavy atom. The number of methoxy groups -OCH3 is 2. The van der Waals surface area contributed by atoms with Gasteiger partial charge in [0.1, 0.15) is 5.75 Å². The Hall–Kier alpha value is -3.46. The molecule has 2 aliphatic rings. The Labute approximate surface area is 224 Å². The first-order valence-electron chi connectivity index (χ1n) is 13.3. The van der Waals surface area contributed by atoms with E-state index in [9.17, 15) is 14.7 Å². The molecule has 0 aromatic heterocycles. The van der Waals surface area contributed by atoms with Gasteiger partial charge in [0, 0.05) is 25.0 Å². The third kappa shape index (κ3) is 6.15. The summed E-state index contributed by atoms with van der Waals surface area (Å²) in [7, 11) is 3.21. The Balaban J connectivity index is 1.58. The largest absolute Gasteiger partial charge is 0.496 e. The smallest absolute Gasteiger partial charge is 0.308 e. The molecule has 0 radical (unpaired) electrons. The molecular weight excluding hydrogens is 488 g/mol. The summed E-state index contributed by atoms with van der Waals surface area (Å²) < 4.78 is 22.1. The van der Waals surface area contributed by atoms with Crippen LogP contribution < -0.4 is 24.3 Å². The number of para-hydroxylation sites is 1. The monoisotopic (exact) mass is 526 g/mol. The lowest BCUT2D eigenvalue weighted by molar-refractivity contribution is -0.143. The van der Waals surface area contributed by atoms with Gasteiger partial charge >= 0.3 is 5.97 Å². The third-order valence-corrected chi connectivity index (χ3v) is 7.48. The Morgan fingerprint density at radius 3 is 2.63 bits per heavy atom. The van der Waals surface area contributed by atoms with Crippen LogP contribution in [0.4, 0.5) is 0 Å². The van der Waals surface area contributed by atoms with E-state index in [0.29, 0.717) is 36.8 Å². The molecular formula is C29H38N2O7. The van der Waals surface area contributed by atoms with Crippen LogP contribution >= 0.6 is 0 Å². The SMILES string of the molecule is CCCCNC(=O)CN1C[C@H](c2cc(OC)c3c(c2)OCO3)[C@@H](C(=O)O)[C@@H]1CCCc1ccccc1OC. The van der Waals surface area contributed by atoms with Gasteiger partial charge in [0.2, 0.25) is 18.4 Å². The summed E-state index contributed by atoms with van der Waals surface area (Å²) in [6, 6.07) is 11.3. The molecule has 0 spiro atoms. The van der Waals surface area contributed by atoms with Crippen molar-refractivity contribution < 1.29 is 33.6 Å². The number of ether oxygens (including phenoxy) is 4. The van der Waals surface area contributed by atoms with Crippen molar-refractivity contribution in [1.82, 2.24) is 10.2 Å². The molecule has 206 valence electrons. The van der Waals surface area contributed by atoms with E-state index >= 15 is 0 Å². The second kappa shape index (κ2) is 12.9. The number of aliphatic carboxylic acids is 1. The highest BCUT2D eigenvalue weighted by atomic mass is 16.7. The summed E-state index contributed by atoms with van der Waals surface area (Å²) in [6.45, 7) is 3.39. The molecule has 0 saturated carbocycles. The standard InChI is InChI=1S/C29H38N2O7/c1-4-5-13-30-26(32)17-31-16-21(20-14-24(36-3)28-25(15-20)37-18-38-28)27(29(33)34)22(31)11-8-10-19-9-6-7-12-23(19)35-2/h6-7,9,12,14-15,21-22,27H,4-5,8,10-11,13,16-18H2,1-3H3,(H,30,32)(H,33,34)/t21-,22+,27-/m1/s1. The van der Waals surface area contributed by atoms with Crippen molar-refractivity contribution in [2.75, 3.05) is 40.6 Å². The van der Waals surface area contributed by atoms with E-state index in [1.165, 1.54) is 0 Å². The molecule has 2 aliphatic heterocycles. The van der Waals surface area contributed by atoms with Crippen molar-refractivity contribution in [3.63, 3.8) is 0 Å². The van der Waals surface area contributed by atoms with E-state index in [1.54, 1.807) is 14.2 Å². The number of amides is 1.